The SMILES string of the molecule is C=CCOc1ccc(C2/C(=C(\O)c3ccc(OCC)cc3)C(=O)C(=O)N2CC2CCCO2)cc1. The lowest BCUT2D eigenvalue weighted by Crippen LogP contribution is -2.36. The van der Waals surface area contributed by atoms with Crippen molar-refractivity contribution in [2.45, 2.75) is 31.9 Å². The van der Waals surface area contributed by atoms with Gasteiger partial charge in [0, 0.05) is 18.7 Å². The molecule has 2 saturated heterocycles. The van der Waals surface area contributed by atoms with Crippen LogP contribution in [0.4, 0.5) is 0 Å². The Hall–Kier alpha value is -3.58. The van der Waals surface area contributed by atoms with Crippen molar-refractivity contribution < 1.29 is 28.9 Å². The number of Topliss-reactive ketones (excluding diaryl/α,β-unsaturated/α-hetero) is 1. The van der Waals surface area contributed by atoms with Gasteiger partial charge < -0.3 is 24.2 Å². The van der Waals surface area contributed by atoms with Gasteiger partial charge in [0.25, 0.3) is 11.7 Å². The molecule has 34 heavy (non-hydrogen) atoms. The first-order valence-corrected chi connectivity index (χ1v) is 11.5. The molecule has 2 unspecified atom stereocenters. The maximum Gasteiger partial charge on any atom is 0.295 e. The number of ketones is 1. The van der Waals surface area contributed by atoms with E-state index in [4.69, 9.17) is 14.2 Å². The van der Waals surface area contributed by atoms with E-state index in [1.807, 2.05) is 19.1 Å². The molecule has 2 heterocycles. The Balaban J connectivity index is 1.74. The van der Waals surface area contributed by atoms with Crippen LogP contribution < -0.4 is 9.47 Å². The van der Waals surface area contributed by atoms with Crippen LogP contribution in [0.2, 0.25) is 0 Å². The van der Waals surface area contributed by atoms with E-state index in [9.17, 15) is 14.7 Å². The summed E-state index contributed by atoms with van der Waals surface area (Å²) in [5.41, 5.74) is 1.21. The van der Waals surface area contributed by atoms with E-state index >= 15 is 0 Å². The minimum atomic E-state index is -0.732. The van der Waals surface area contributed by atoms with Crippen molar-refractivity contribution in [2.75, 3.05) is 26.4 Å². The number of carbonyl (C=O) groups excluding carboxylic acids is 2. The number of ether oxygens (including phenoxy) is 3. The normalized spacial score (nSPS) is 21.6. The number of benzene rings is 2. The van der Waals surface area contributed by atoms with Crippen LogP contribution in [0.1, 0.15) is 36.9 Å². The Kier molecular flexibility index (Phi) is 7.33. The molecular formula is C27H29NO6. The van der Waals surface area contributed by atoms with E-state index < -0.39 is 17.7 Å². The van der Waals surface area contributed by atoms with Gasteiger partial charge in [0.2, 0.25) is 0 Å². The molecule has 1 amide bonds. The van der Waals surface area contributed by atoms with E-state index in [0.29, 0.717) is 42.4 Å². The summed E-state index contributed by atoms with van der Waals surface area (Å²) in [4.78, 5) is 27.8. The third-order valence-electron chi connectivity index (χ3n) is 5.97. The van der Waals surface area contributed by atoms with Gasteiger partial charge in [-0.1, -0.05) is 24.8 Å². The summed E-state index contributed by atoms with van der Waals surface area (Å²) in [6.45, 7) is 7.34. The second kappa shape index (κ2) is 10.6. The van der Waals surface area contributed by atoms with Crippen molar-refractivity contribution in [3.05, 3.63) is 77.9 Å². The molecule has 1 N–H and O–H groups in total. The lowest BCUT2D eigenvalue weighted by molar-refractivity contribution is -0.140. The molecule has 2 aliphatic heterocycles. The van der Waals surface area contributed by atoms with E-state index in [1.54, 1.807) is 42.5 Å². The predicted molar refractivity (Wildman–Crippen MR) is 128 cm³/mol. The topological polar surface area (TPSA) is 85.3 Å². The summed E-state index contributed by atoms with van der Waals surface area (Å²) in [5.74, 6) is -0.259. The molecule has 2 atom stereocenters. The van der Waals surface area contributed by atoms with Gasteiger partial charge in [0.15, 0.2) is 0 Å². The predicted octanol–water partition coefficient (Wildman–Crippen LogP) is 4.25. The second-order valence-corrected chi connectivity index (χ2v) is 8.21. The van der Waals surface area contributed by atoms with Crippen molar-refractivity contribution in [1.29, 1.82) is 0 Å². The quantitative estimate of drug-likeness (QED) is 0.259. The summed E-state index contributed by atoms with van der Waals surface area (Å²) >= 11 is 0. The van der Waals surface area contributed by atoms with Gasteiger partial charge in [-0.05, 0) is 61.7 Å². The highest BCUT2D eigenvalue weighted by Gasteiger charge is 2.47. The van der Waals surface area contributed by atoms with Crippen molar-refractivity contribution in [3.63, 3.8) is 0 Å². The number of carbonyl (C=O) groups is 2. The van der Waals surface area contributed by atoms with E-state index in [2.05, 4.69) is 6.58 Å². The van der Waals surface area contributed by atoms with Crippen LogP contribution in [-0.2, 0) is 14.3 Å². The monoisotopic (exact) mass is 463 g/mol. The molecule has 178 valence electrons. The van der Waals surface area contributed by atoms with Crippen LogP contribution >= 0.6 is 0 Å². The largest absolute Gasteiger partial charge is 0.507 e. The molecule has 2 fully saturated rings. The van der Waals surface area contributed by atoms with Crippen LogP contribution in [0.3, 0.4) is 0 Å². The van der Waals surface area contributed by atoms with Gasteiger partial charge in [0.1, 0.15) is 23.9 Å². The zero-order chi connectivity index (χ0) is 24.1. The summed E-state index contributed by atoms with van der Waals surface area (Å²) in [5, 5.41) is 11.2. The van der Waals surface area contributed by atoms with Crippen molar-refractivity contribution in [2.24, 2.45) is 0 Å². The Morgan fingerprint density at radius 3 is 2.41 bits per heavy atom. The van der Waals surface area contributed by atoms with Crippen LogP contribution in [0.25, 0.3) is 5.76 Å². The molecule has 4 rings (SSSR count). The zero-order valence-electron chi connectivity index (χ0n) is 19.2. The standard InChI is InChI=1S/C27H29NO6/c1-3-15-33-21-11-7-18(8-12-21)24-23(25(29)19-9-13-20(14-10-19)32-4-2)26(30)27(31)28(24)17-22-6-5-16-34-22/h3,7-14,22,24,29H,1,4-6,15-17H2,2H3/b25-23+. The van der Waals surface area contributed by atoms with Crippen LogP contribution in [0, 0.1) is 0 Å². The zero-order valence-corrected chi connectivity index (χ0v) is 19.2. The number of hydrogen-bond donors (Lipinski definition) is 1. The molecule has 0 aliphatic carbocycles. The van der Waals surface area contributed by atoms with E-state index in [0.717, 1.165) is 12.8 Å². The van der Waals surface area contributed by atoms with Crippen molar-refractivity contribution in [1.82, 2.24) is 4.90 Å². The van der Waals surface area contributed by atoms with Crippen LogP contribution in [0.5, 0.6) is 11.5 Å². The Bertz CT molecular complexity index is 1070. The summed E-state index contributed by atoms with van der Waals surface area (Å²) in [6.07, 6.45) is 3.26. The van der Waals surface area contributed by atoms with Gasteiger partial charge >= 0.3 is 0 Å². The number of rotatable bonds is 9. The lowest BCUT2D eigenvalue weighted by atomic mass is 9.95. The first-order valence-electron chi connectivity index (χ1n) is 11.5. The van der Waals surface area contributed by atoms with Gasteiger partial charge in [-0.3, -0.25) is 9.59 Å². The van der Waals surface area contributed by atoms with Gasteiger partial charge in [-0.25, -0.2) is 0 Å². The fraction of sp³-hybridized carbons (Fsp3) is 0.333. The smallest absolute Gasteiger partial charge is 0.295 e. The molecule has 0 spiro atoms. The number of hydrogen-bond acceptors (Lipinski definition) is 6. The Morgan fingerprint density at radius 2 is 1.79 bits per heavy atom. The number of aliphatic hydroxyl groups excluding tert-OH is 1. The lowest BCUT2D eigenvalue weighted by Gasteiger charge is -2.27. The third kappa shape index (κ3) is 4.84. The van der Waals surface area contributed by atoms with Crippen molar-refractivity contribution in [3.8, 4) is 11.5 Å². The van der Waals surface area contributed by atoms with Crippen LogP contribution in [-0.4, -0.2) is 54.2 Å². The fourth-order valence-corrected chi connectivity index (χ4v) is 4.36. The minimum absolute atomic E-state index is 0.0620. The summed E-state index contributed by atoms with van der Waals surface area (Å²) in [7, 11) is 0. The van der Waals surface area contributed by atoms with Crippen molar-refractivity contribution >= 4 is 17.4 Å². The molecule has 2 aromatic carbocycles. The molecule has 7 nitrogen and oxygen atoms in total. The highest BCUT2D eigenvalue weighted by Crippen LogP contribution is 2.40. The maximum absolute atomic E-state index is 13.2. The molecule has 0 aromatic heterocycles. The molecule has 0 saturated carbocycles. The van der Waals surface area contributed by atoms with Gasteiger partial charge in [0.05, 0.1) is 24.3 Å². The van der Waals surface area contributed by atoms with E-state index in [1.165, 1.54) is 4.90 Å². The molecular weight excluding hydrogens is 434 g/mol. The number of aliphatic hydroxyl groups is 1. The first kappa shape index (κ1) is 23.6. The number of amides is 1. The highest BCUT2D eigenvalue weighted by atomic mass is 16.5. The molecule has 2 aliphatic rings. The average Bonchev–Trinajstić information content (AvgIpc) is 3.46. The summed E-state index contributed by atoms with van der Waals surface area (Å²) < 4.78 is 16.8. The Labute approximate surface area is 199 Å². The van der Waals surface area contributed by atoms with Crippen LogP contribution in [0.15, 0.2) is 66.8 Å². The third-order valence-corrected chi connectivity index (χ3v) is 5.97. The number of likely N-dealkylation sites (tertiary alicyclic amines) is 1. The first-order chi connectivity index (χ1) is 16.5. The average molecular weight is 464 g/mol. The highest BCUT2D eigenvalue weighted by molar-refractivity contribution is 6.46. The van der Waals surface area contributed by atoms with Gasteiger partial charge in [-0.15, -0.1) is 0 Å². The molecule has 0 radical (unpaired) electrons. The summed E-state index contributed by atoms with van der Waals surface area (Å²) in [6, 6.07) is 13.2. The fourth-order valence-electron chi connectivity index (χ4n) is 4.36. The molecule has 2 aromatic rings. The maximum atomic E-state index is 13.2. The second-order valence-electron chi connectivity index (χ2n) is 8.21. The minimum Gasteiger partial charge on any atom is -0.507 e. The number of nitrogens with zero attached hydrogens (tertiary/aromatic N) is 1. The van der Waals surface area contributed by atoms with E-state index in [-0.39, 0.29) is 24.0 Å². The van der Waals surface area contributed by atoms with Gasteiger partial charge in [-0.2, -0.15) is 0 Å². The molecule has 0 bridgehead atoms. The Morgan fingerprint density at radius 1 is 1.12 bits per heavy atom. The molecule has 7 heteroatoms.